The van der Waals surface area contributed by atoms with Crippen molar-refractivity contribution in [2.24, 2.45) is 0 Å². The van der Waals surface area contributed by atoms with Crippen LogP contribution >= 0.6 is 11.3 Å². The first kappa shape index (κ1) is 23.3. The Balaban J connectivity index is 1.19. The second kappa shape index (κ2) is 10.8. The first-order chi connectivity index (χ1) is 16.5. The summed E-state index contributed by atoms with van der Waals surface area (Å²) in [4.78, 5) is 45.0. The Bertz CT molecular complexity index is 1120. The van der Waals surface area contributed by atoms with Crippen LogP contribution in [0.4, 0.5) is 15.6 Å². The van der Waals surface area contributed by atoms with Crippen LogP contribution in [0.1, 0.15) is 22.7 Å². The van der Waals surface area contributed by atoms with E-state index in [2.05, 4.69) is 15.6 Å². The summed E-state index contributed by atoms with van der Waals surface area (Å²) in [7, 11) is 1.58. The van der Waals surface area contributed by atoms with Crippen LogP contribution in [0.2, 0.25) is 0 Å². The lowest BCUT2D eigenvalue weighted by Gasteiger charge is -2.34. The zero-order valence-electron chi connectivity index (χ0n) is 18.7. The molecular weight excluding hydrogens is 458 g/mol. The van der Waals surface area contributed by atoms with Gasteiger partial charge in [0, 0.05) is 43.7 Å². The van der Waals surface area contributed by atoms with Gasteiger partial charge in [-0.3, -0.25) is 14.9 Å². The molecule has 0 spiro atoms. The third-order valence-electron chi connectivity index (χ3n) is 5.37. The minimum atomic E-state index is -0.399. The van der Waals surface area contributed by atoms with Crippen molar-refractivity contribution in [2.75, 3.05) is 43.9 Å². The molecule has 0 bridgehead atoms. The van der Waals surface area contributed by atoms with Crippen molar-refractivity contribution in [3.05, 3.63) is 59.5 Å². The molecule has 178 valence electrons. The molecule has 2 aromatic heterocycles. The Morgan fingerprint density at radius 2 is 1.79 bits per heavy atom. The predicted octanol–water partition coefficient (Wildman–Crippen LogP) is 3.31. The first-order valence-corrected chi connectivity index (χ1v) is 11.7. The molecular formula is C23H25N5O5S. The Morgan fingerprint density at radius 3 is 2.47 bits per heavy atom. The fourth-order valence-corrected chi connectivity index (χ4v) is 4.26. The average Bonchev–Trinajstić information content (AvgIpc) is 3.55. The van der Waals surface area contributed by atoms with Gasteiger partial charge in [0.15, 0.2) is 10.9 Å². The van der Waals surface area contributed by atoms with E-state index in [1.54, 1.807) is 53.3 Å². The number of furan rings is 1. The Morgan fingerprint density at radius 1 is 1.06 bits per heavy atom. The molecule has 0 radical (unpaired) electrons. The molecule has 1 aliphatic heterocycles. The third kappa shape index (κ3) is 5.93. The number of aryl methyl sites for hydroxylation is 1. The van der Waals surface area contributed by atoms with E-state index in [1.807, 2.05) is 5.38 Å². The van der Waals surface area contributed by atoms with Gasteiger partial charge in [-0.2, -0.15) is 0 Å². The number of urea groups is 1. The van der Waals surface area contributed by atoms with E-state index in [9.17, 15) is 14.4 Å². The van der Waals surface area contributed by atoms with Crippen LogP contribution in [-0.4, -0.2) is 65.9 Å². The van der Waals surface area contributed by atoms with E-state index in [0.29, 0.717) is 61.3 Å². The molecule has 4 amide bonds. The Labute approximate surface area is 200 Å². The average molecular weight is 484 g/mol. The quantitative estimate of drug-likeness (QED) is 0.533. The fraction of sp³-hybridized carbons (Fsp3) is 0.304. The SMILES string of the molecule is COc1ccc(NC(=O)Nc2nc(CCC(=O)N3CCN(C(=O)c4ccco4)CC3)cs2)cc1. The minimum absolute atomic E-state index is 0.0184. The third-order valence-corrected chi connectivity index (χ3v) is 6.17. The van der Waals surface area contributed by atoms with Crippen LogP contribution in [0.5, 0.6) is 5.75 Å². The molecule has 2 N–H and O–H groups in total. The molecule has 3 aromatic rings. The number of hydrogen-bond acceptors (Lipinski definition) is 7. The Hall–Kier alpha value is -3.86. The fourth-order valence-electron chi connectivity index (χ4n) is 3.52. The standard InChI is InChI=1S/C23H25N5O5S/c1-32-18-7-4-16(5-8-18)24-22(31)26-23-25-17(15-34-23)6-9-20(29)27-10-12-28(13-11-27)21(30)19-3-2-14-33-19/h2-5,7-8,14-15H,6,9-13H2,1H3,(H2,24,25,26,31). The summed E-state index contributed by atoms with van der Waals surface area (Å²) in [6.45, 7) is 1.92. The highest BCUT2D eigenvalue weighted by Gasteiger charge is 2.26. The molecule has 0 saturated carbocycles. The van der Waals surface area contributed by atoms with Gasteiger partial charge in [0.2, 0.25) is 5.91 Å². The number of nitrogens with zero attached hydrogens (tertiary/aromatic N) is 3. The van der Waals surface area contributed by atoms with Crippen molar-refractivity contribution in [3.8, 4) is 5.75 Å². The highest BCUT2D eigenvalue weighted by atomic mass is 32.1. The number of hydrogen-bond donors (Lipinski definition) is 2. The molecule has 1 aromatic carbocycles. The zero-order valence-corrected chi connectivity index (χ0v) is 19.5. The number of carbonyl (C=O) groups excluding carboxylic acids is 3. The van der Waals surface area contributed by atoms with E-state index >= 15 is 0 Å². The van der Waals surface area contributed by atoms with Crippen molar-refractivity contribution in [1.82, 2.24) is 14.8 Å². The van der Waals surface area contributed by atoms with Crippen molar-refractivity contribution in [3.63, 3.8) is 0 Å². The van der Waals surface area contributed by atoms with Crippen molar-refractivity contribution in [2.45, 2.75) is 12.8 Å². The second-order valence-electron chi connectivity index (χ2n) is 7.60. The lowest BCUT2D eigenvalue weighted by atomic mass is 10.2. The Kier molecular flexibility index (Phi) is 7.43. The summed E-state index contributed by atoms with van der Waals surface area (Å²) >= 11 is 1.30. The van der Waals surface area contributed by atoms with Crippen LogP contribution in [0.25, 0.3) is 0 Å². The largest absolute Gasteiger partial charge is 0.497 e. The van der Waals surface area contributed by atoms with Crippen LogP contribution < -0.4 is 15.4 Å². The number of aromatic nitrogens is 1. The van der Waals surface area contributed by atoms with Crippen LogP contribution in [0.15, 0.2) is 52.5 Å². The number of anilines is 2. The smallest absolute Gasteiger partial charge is 0.325 e. The number of thiazole rings is 1. The molecule has 3 heterocycles. The summed E-state index contributed by atoms with van der Waals surface area (Å²) in [5.41, 5.74) is 1.37. The number of benzene rings is 1. The van der Waals surface area contributed by atoms with Gasteiger partial charge in [-0.15, -0.1) is 11.3 Å². The van der Waals surface area contributed by atoms with Crippen LogP contribution in [0.3, 0.4) is 0 Å². The van der Waals surface area contributed by atoms with Crippen LogP contribution in [0, 0.1) is 0 Å². The van der Waals surface area contributed by atoms with Crippen molar-refractivity contribution in [1.29, 1.82) is 0 Å². The number of methoxy groups -OCH3 is 1. The summed E-state index contributed by atoms with van der Waals surface area (Å²) < 4.78 is 10.3. The molecule has 0 atom stereocenters. The number of carbonyl (C=O) groups is 3. The molecule has 0 unspecified atom stereocenters. The van der Waals surface area contributed by atoms with E-state index in [-0.39, 0.29) is 11.8 Å². The summed E-state index contributed by atoms with van der Waals surface area (Å²) in [5, 5.41) is 7.72. The maximum absolute atomic E-state index is 12.6. The van der Waals surface area contributed by atoms with Gasteiger partial charge in [0.25, 0.3) is 5.91 Å². The summed E-state index contributed by atoms with van der Waals surface area (Å²) in [6.07, 6.45) is 2.26. The summed E-state index contributed by atoms with van der Waals surface area (Å²) in [5.74, 6) is 0.875. The van der Waals surface area contributed by atoms with Gasteiger partial charge in [0.05, 0.1) is 19.1 Å². The monoisotopic (exact) mass is 483 g/mol. The molecule has 1 saturated heterocycles. The highest BCUT2D eigenvalue weighted by molar-refractivity contribution is 7.13. The second-order valence-corrected chi connectivity index (χ2v) is 8.46. The van der Waals surface area contributed by atoms with E-state index < -0.39 is 6.03 Å². The van der Waals surface area contributed by atoms with Gasteiger partial charge in [-0.05, 0) is 42.8 Å². The molecule has 4 rings (SSSR count). The van der Waals surface area contributed by atoms with E-state index in [4.69, 9.17) is 9.15 Å². The predicted molar refractivity (Wildman–Crippen MR) is 127 cm³/mol. The zero-order chi connectivity index (χ0) is 23.9. The first-order valence-electron chi connectivity index (χ1n) is 10.8. The number of ether oxygens (including phenoxy) is 1. The van der Waals surface area contributed by atoms with Crippen molar-refractivity contribution >= 4 is 40.0 Å². The van der Waals surface area contributed by atoms with Gasteiger partial charge in [-0.25, -0.2) is 9.78 Å². The maximum atomic E-state index is 12.6. The lowest BCUT2D eigenvalue weighted by molar-refractivity contribution is -0.132. The summed E-state index contributed by atoms with van der Waals surface area (Å²) in [6, 6.07) is 9.91. The molecule has 0 aliphatic carbocycles. The molecule has 11 heteroatoms. The van der Waals surface area contributed by atoms with Gasteiger partial charge >= 0.3 is 6.03 Å². The normalized spacial score (nSPS) is 13.4. The molecule has 1 aliphatic rings. The molecule has 1 fully saturated rings. The molecule has 10 nitrogen and oxygen atoms in total. The van der Waals surface area contributed by atoms with E-state index in [1.165, 1.54) is 17.6 Å². The number of piperazine rings is 1. The minimum Gasteiger partial charge on any atom is -0.497 e. The van der Waals surface area contributed by atoms with Gasteiger partial charge < -0.3 is 24.3 Å². The van der Waals surface area contributed by atoms with Crippen LogP contribution in [-0.2, 0) is 11.2 Å². The van der Waals surface area contributed by atoms with Crippen molar-refractivity contribution < 1.29 is 23.5 Å². The lowest BCUT2D eigenvalue weighted by Crippen LogP contribution is -2.50. The topological polar surface area (TPSA) is 117 Å². The van der Waals surface area contributed by atoms with E-state index in [0.717, 1.165) is 5.69 Å². The van der Waals surface area contributed by atoms with Gasteiger partial charge in [-0.1, -0.05) is 0 Å². The number of nitrogens with one attached hydrogen (secondary N) is 2. The highest BCUT2D eigenvalue weighted by Crippen LogP contribution is 2.19. The number of amides is 4. The number of rotatable bonds is 7. The maximum Gasteiger partial charge on any atom is 0.325 e. The van der Waals surface area contributed by atoms with Gasteiger partial charge in [0.1, 0.15) is 5.75 Å². The molecule has 34 heavy (non-hydrogen) atoms.